The van der Waals surface area contributed by atoms with Crippen molar-refractivity contribution in [2.45, 2.75) is 13.5 Å². The molecule has 1 heterocycles. The number of amidine groups is 1. The van der Waals surface area contributed by atoms with Gasteiger partial charge in [0.1, 0.15) is 12.4 Å². The molecule has 0 atom stereocenters. The molecule has 1 aliphatic rings. The van der Waals surface area contributed by atoms with Crippen LogP contribution in [0.5, 0.6) is 0 Å². The molecule has 1 aliphatic heterocycles. The van der Waals surface area contributed by atoms with E-state index in [1.54, 1.807) is 19.1 Å². The SMILES string of the molecule is Cc1cccc(CNC2=NCCO2)c1F. The second-order valence-electron chi connectivity index (χ2n) is 3.44. The number of aliphatic imine (C=N–C) groups is 1. The smallest absolute Gasteiger partial charge is 0.285 e. The summed E-state index contributed by atoms with van der Waals surface area (Å²) in [5.41, 5.74) is 1.29. The van der Waals surface area contributed by atoms with E-state index in [0.29, 0.717) is 36.8 Å². The molecule has 15 heavy (non-hydrogen) atoms. The number of halogens is 1. The van der Waals surface area contributed by atoms with Gasteiger partial charge in [-0.05, 0) is 12.5 Å². The van der Waals surface area contributed by atoms with Crippen LogP contribution in [-0.4, -0.2) is 19.2 Å². The summed E-state index contributed by atoms with van der Waals surface area (Å²) in [7, 11) is 0. The summed E-state index contributed by atoms with van der Waals surface area (Å²) in [4.78, 5) is 4.06. The van der Waals surface area contributed by atoms with Crippen LogP contribution in [0.15, 0.2) is 23.2 Å². The molecule has 2 rings (SSSR count). The van der Waals surface area contributed by atoms with Gasteiger partial charge < -0.3 is 10.1 Å². The van der Waals surface area contributed by atoms with Gasteiger partial charge in [0.2, 0.25) is 0 Å². The van der Waals surface area contributed by atoms with Gasteiger partial charge in [0.25, 0.3) is 6.02 Å². The zero-order chi connectivity index (χ0) is 10.7. The Morgan fingerprint density at radius 3 is 3.13 bits per heavy atom. The number of rotatable bonds is 2. The molecule has 0 saturated heterocycles. The number of aryl methyl sites for hydroxylation is 1. The lowest BCUT2D eigenvalue weighted by Crippen LogP contribution is -2.23. The van der Waals surface area contributed by atoms with Gasteiger partial charge in [-0.15, -0.1) is 0 Å². The number of hydrogen-bond acceptors (Lipinski definition) is 3. The van der Waals surface area contributed by atoms with E-state index in [4.69, 9.17) is 4.74 Å². The summed E-state index contributed by atoms with van der Waals surface area (Å²) in [6.07, 6.45) is 0. The molecule has 0 aliphatic carbocycles. The standard InChI is InChI=1S/C11H13FN2O/c1-8-3-2-4-9(10(8)12)7-14-11-13-5-6-15-11/h2-4H,5-7H2,1H3,(H,13,14). The average molecular weight is 208 g/mol. The van der Waals surface area contributed by atoms with E-state index in [2.05, 4.69) is 10.3 Å². The zero-order valence-corrected chi connectivity index (χ0v) is 8.59. The van der Waals surface area contributed by atoms with Crippen LogP contribution in [0.2, 0.25) is 0 Å². The van der Waals surface area contributed by atoms with Crippen molar-refractivity contribution in [3.05, 3.63) is 35.1 Å². The Labute approximate surface area is 88.0 Å². The third-order valence-electron chi connectivity index (χ3n) is 2.29. The van der Waals surface area contributed by atoms with Crippen LogP contribution in [-0.2, 0) is 11.3 Å². The summed E-state index contributed by atoms with van der Waals surface area (Å²) < 4.78 is 18.7. The average Bonchev–Trinajstić information content (AvgIpc) is 2.73. The van der Waals surface area contributed by atoms with E-state index in [1.165, 1.54) is 0 Å². The van der Waals surface area contributed by atoms with Crippen LogP contribution < -0.4 is 5.32 Å². The Morgan fingerprint density at radius 1 is 1.53 bits per heavy atom. The van der Waals surface area contributed by atoms with Crippen molar-refractivity contribution in [3.8, 4) is 0 Å². The van der Waals surface area contributed by atoms with Crippen LogP contribution in [0.1, 0.15) is 11.1 Å². The first-order chi connectivity index (χ1) is 7.27. The highest BCUT2D eigenvalue weighted by Gasteiger charge is 2.08. The Balaban J connectivity index is 2.01. The second-order valence-corrected chi connectivity index (χ2v) is 3.44. The quantitative estimate of drug-likeness (QED) is 0.801. The third kappa shape index (κ3) is 2.26. The molecule has 0 aromatic heterocycles. The Kier molecular flexibility index (Phi) is 2.85. The fourth-order valence-electron chi connectivity index (χ4n) is 1.46. The summed E-state index contributed by atoms with van der Waals surface area (Å²) in [5, 5.41) is 2.95. The van der Waals surface area contributed by atoms with E-state index >= 15 is 0 Å². The summed E-state index contributed by atoms with van der Waals surface area (Å²) in [5.74, 6) is -0.163. The van der Waals surface area contributed by atoms with Crippen molar-refractivity contribution in [2.75, 3.05) is 13.2 Å². The van der Waals surface area contributed by atoms with Crippen molar-refractivity contribution >= 4 is 6.02 Å². The normalized spacial score (nSPS) is 14.7. The van der Waals surface area contributed by atoms with E-state index in [-0.39, 0.29) is 5.82 Å². The highest BCUT2D eigenvalue weighted by Crippen LogP contribution is 2.11. The molecule has 1 N–H and O–H groups in total. The summed E-state index contributed by atoms with van der Waals surface area (Å²) in [6, 6.07) is 5.86. The molecule has 0 unspecified atom stereocenters. The number of hydrogen-bond donors (Lipinski definition) is 1. The van der Waals surface area contributed by atoms with Crippen LogP contribution >= 0.6 is 0 Å². The molecule has 0 radical (unpaired) electrons. The molecule has 0 saturated carbocycles. The minimum absolute atomic E-state index is 0.163. The Hall–Kier alpha value is -1.58. The fraction of sp³-hybridized carbons (Fsp3) is 0.364. The lowest BCUT2D eigenvalue weighted by molar-refractivity contribution is 0.331. The Morgan fingerprint density at radius 2 is 2.40 bits per heavy atom. The van der Waals surface area contributed by atoms with E-state index in [9.17, 15) is 4.39 Å². The van der Waals surface area contributed by atoms with Gasteiger partial charge in [-0.1, -0.05) is 18.2 Å². The van der Waals surface area contributed by atoms with E-state index in [1.807, 2.05) is 6.07 Å². The lowest BCUT2D eigenvalue weighted by atomic mass is 10.1. The van der Waals surface area contributed by atoms with Gasteiger partial charge in [0.05, 0.1) is 6.54 Å². The number of ether oxygens (including phenoxy) is 1. The number of nitrogens with one attached hydrogen (secondary N) is 1. The fourth-order valence-corrected chi connectivity index (χ4v) is 1.46. The van der Waals surface area contributed by atoms with E-state index in [0.717, 1.165) is 0 Å². The molecule has 1 aromatic carbocycles. The van der Waals surface area contributed by atoms with Crippen LogP contribution in [0, 0.1) is 12.7 Å². The highest BCUT2D eigenvalue weighted by atomic mass is 19.1. The molecule has 3 nitrogen and oxygen atoms in total. The van der Waals surface area contributed by atoms with Gasteiger partial charge in [-0.3, -0.25) is 0 Å². The van der Waals surface area contributed by atoms with Crippen LogP contribution in [0.3, 0.4) is 0 Å². The van der Waals surface area contributed by atoms with Crippen molar-refractivity contribution in [1.29, 1.82) is 0 Å². The maximum absolute atomic E-state index is 13.6. The van der Waals surface area contributed by atoms with Gasteiger partial charge >= 0.3 is 0 Å². The minimum atomic E-state index is -0.163. The summed E-state index contributed by atoms with van der Waals surface area (Å²) in [6.45, 7) is 3.45. The third-order valence-corrected chi connectivity index (χ3v) is 2.29. The molecule has 0 bridgehead atoms. The monoisotopic (exact) mass is 208 g/mol. The topological polar surface area (TPSA) is 33.6 Å². The van der Waals surface area contributed by atoms with Gasteiger partial charge in [0, 0.05) is 12.1 Å². The first kappa shape index (κ1) is 9.96. The molecule has 4 heteroatoms. The molecule has 80 valence electrons. The number of benzene rings is 1. The van der Waals surface area contributed by atoms with Crippen molar-refractivity contribution in [3.63, 3.8) is 0 Å². The lowest BCUT2D eigenvalue weighted by Gasteiger charge is -2.07. The molecule has 0 amide bonds. The maximum Gasteiger partial charge on any atom is 0.285 e. The Bertz CT molecular complexity index is 390. The zero-order valence-electron chi connectivity index (χ0n) is 8.59. The minimum Gasteiger partial charge on any atom is -0.463 e. The van der Waals surface area contributed by atoms with Gasteiger partial charge in [-0.25, -0.2) is 9.38 Å². The molecule has 0 fully saturated rings. The van der Waals surface area contributed by atoms with E-state index < -0.39 is 0 Å². The molecule has 0 spiro atoms. The predicted octanol–water partition coefficient (Wildman–Crippen LogP) is 1.61. The first-order valence-electron chi connectivity index (χ1n) is 4.92. The predicted molar refractivity (Wildman–Crippen MR) is 56.2 cm³/mol. The first-order valence-corrected chi connectivity index (χ1v) is 4.92. The molecule has 1 aromatic rings. The largest absolute Gasteiger partial charge is 0.463 e. The van der Waals surface area contributed by atoms with Crippen molar-refractivity contribution in [2.24, 2.45) is 4.99 Å². The molecular formula is C11H13FN2O. The highest BCUT2D eigenvalue weighted by molar-refractivity contribution is 5.74. The molecular weight excluding hydrogens is 195 g/mol. The van der Waals surface area contributed by atoms with Gasteiger partial charge in [0.15, 0.2) is 0 Å². The number of nitrogens with zero attached hydrogens (tertiary/aromatic N) is 1. The summed E-state index contributed by atoms with van der Waals surface area (Å²) >= 11 is 0. The van der Waals surface area contributed by atoms with Gasteiger partial charge in [-0.2, -0.15) is 0 Å². The van der Waals surface area contributed by atoms with Crippen LogP contribution in [0.4, 0.5) is 4.39 Å². The second kappa shape index (κ2) is 4.29. The van der Waals surface area contributed by atoms with Crippen molar-refractivity contribution in [1.82, 2.24) is 5.32 Å². The van der Waals surface area contributed by atoms with Crippen LogP contribution in [0.25, 0.3) is 0 Å². The van der Waals surface area contributed by atoms with Crippen molar-refractivity contribution < 1.29 is 9.13 Å². The maximum atomic E-state index is 13.6.